The SMILES string of the molecule is CC(Oc1ccccc1Oc1ccncc1)C(=O)O. The van der Waals surface area contributed by atoms with Crippen LogP contribution in [0.5, 0.6) is 17.2 Å². The maximum absolute atomic E-state index is 10.8. The third-order valence-corrected chi connectivity index (χ3v) is 2.38. The predicted molar refractivity (Wildman–Crippen MR) is 68.5 cm³/mol. The first kappa shape index (κ1) is 12.9. The number of hydrogen-bond donors (Lipinski definition) is 1. The van der Waals surface area contributed by atoms with Gasteiger partial charge in [-0.05, 0) is 31.2 Å². The van der Waals surface area contributed by atoms with Gasteiger partial charge in [0.15, 0.2) is 17.6 Å². The Labute approximate surface area is 110 Å². The van der Waals surface area contributed by atoms with Crippen LogP contribution in [0.2, 0.25) is 0 Å². The van der Waals surface area contributed by atoms with Gasteiger partial charge < -0.3 is 14.6 Å². The summed E-state index contributed by atoms with van der Waals surface area (Å²) >= 11 is 0. The first-order chi connectivity index (χ1) is 9.16. The lowest BCUT2D eigenvalue weighted by molar-refractivity contribution is -0.144. The molecule has 1 atom stereocenters. The van der Waals surface area contributed by atoms with Crippen LogP contribution in [0.4, 0.5) is 0 Å². The van der Waals surface area contributed by atoms with E-state index in [4.69, 9.17) is 14.6 Å². The van der Waals surface area contributed by atoms with Crippen molar-refractivity contribution in [3.63, 3.8) is 0 Å². The van der Waals surface area contributed by atoms with Gasteiger partial charge in [0.1, 0.15) is 5.75 Å². The molecular formula is C14H13NO4. The summed E-state index contributed by atoms with van der Waals surface area (Å²) in [5, 5.41) is 8.85. The molecule has 5 heteroatoms. The fourth-order valence-electron chi connectivity index (χ4n) is 1.41. The Balaban J connectivity index is 2.19. The number of benzene rings is 1. The van der Waals surface area contributed by atoms with Gasteiger partial charge in [-0.3, -0.25) is 4.98 Å². The molecular weight excluding hydrogens is 246 g/mol. The highest BCUT2D eigenvalue weighted by Gasteiger charge is 2.15. The monoisotopic (exact) mass is 259 g/mol. The standard InChI is InChI=1S/C14H13NO4/c1-10(14(16)17)18-12-4-2-3-5-13(12)19-11-6-8-15-9-7-11/h2-10H,1H3,(H,16,17). The van der Waals surface area contributed by atoms with Gasteiger partial charge in [0.25, 0.3) is 0 Å². The topological polar surface area (TPSA) is 68.7 Å². The van der Waals surface area contributed by atoms with Crippen LogP contribution in [0.15, 0.2) is 48.8 Å². The van der Waals surface area contributed by atoms with Crippen LogP contribution in [0, 0.1) is 0 Å². The number of carboxylic acid groups (broad SMARTS) is 1. The molecule has 1 aromatic heterocycles. The number of carbonyl (C=O) groups is 1. The van der Waals surface area contributed by atoms with Crippen LogP contribution in [0.3, 0.4) is 0 Å². The predicted octanol–water partition coefficient (Wildman–Crippen LogP) is 2.73. The van der Waals surface area contributed by atoms with Gasteiger partial charge in [-0.1, -0.05) is 12.1 Å². The van der Waals surface area contributed by atoms with Crippen molar-refractivity contribution in [2.45, 2.75) is 13.0 Å². The lowest BCUT2D eigenvalue weighted by Gasteiger charge is -2.14. The van der Waals surface area contributed by atoms with E-state index < -0.39 is 12.1 Å². The summed E-state index contributed by atoms with van der Waals surface area (Å²) in [6.07, 6.45) is 2.28. The van der Waals surface area contributed by atoms with Crippen molar-refractivity contribution < 1.29 is 19.4 Å². The highest BCUT2D eigenvalue weighted by molar-refractivity contribution is 5.72. The Morgan fingerprint density at radius 3 is 2.42 bits per heavy atom. The van der Waals surface area contributed by atoms with E-state index in [1.54, 1.807) is 48.8 Å². The van der Waals surface area contributed by atoms with E-state index in [1.165, 1.54) is 6.92 Å². The van der Waals surface area contributed by atoms with Crippen LogP contribution < -0.4 is 9.47 Å². The first-order valence-corrected chi connectivity index (χ1v) is 5.73. The van der Waals surface area contributed by atoms with Crippen molar-refractivity contribution in [2.75, 3.05) is 0 Å². The summed E-state index contributed by atoms with van der Waals surface area (Å²) in [5.41, 5.74) is 0. The Morgan fingerprint density at radius 2 is 1.79 bits per heavy atom. The number of carboxylic acids is 1. The van der Waals surface area contributed by atoms with Crippen LogP contribution in [0.1, 0.15) is 6.92 Å². The highest BCUT2D eigenvalue weighted by Crippen LogP contribution is 2.31. The molecule has 19 heavy (non-hydrogen) atoms. The van der Waals surface area contributed by atoms with E-state index in [0.29, 0.717) is 17.2 Å². The van der Waals surface area contributed by atoms with Crippen LogP contribution in [0.25, 0.3) is 0 Å². The average molecular weight is 259 g/mol. The molecule has 0 amide bonds. The molecule has 1 heterocycles. The van der Waals surface area contributed by atoms with Gasteiger partial charge in [0.2, 0.25) is 0 Å². The molecule has 0 fully saturated rings. The fourth-order valence-corrected chi connectivity index (χ4v) is 1.41. The Morgan fingerprint density at radius 1 is 1.16 bits per heavy atom. The zero-order chi connectivity index (χ0) is 13.7. The van der Waals surface area contributed by atoms with Crippen molar-refractivity contribution in [3.05, 3.63) is 48.8 Å². The molecule has 0 spiro atoms. The zero-order valence-electron chi connectivity index (χ0n) is 10.3. The lowest BCUT2D eigenvalue weighted by atomic mass is 10.3. The molecule has 0 aliphatic carbocycles. The van der Waals surface area contributed by atoms with Crippen molar-refractivity contribution in [1.82, 2.24) is 4.98 Å². The summed E-state index contributed by atoms with van der Waals surface area (Å²) in [5.74, 6) is 0.420. The molecule has 2 aromatic rings. The minimum atomic E-state index is -1.03. The number of pyridine rings is 1. The molecule has 0 aliphatic rings. The largest absolute Gasteiger partial charge is 0.479 e. The number of nitrogens with zero attached hydrogens (tertiary/aromatic N) is 1. The maximum Gasteiger partial charge on any atom is 0.344 e. The van der Waals surface area contributed by atoms with Gasteiger partial charge in [-0.25, -0.2) is 4.79 Å². The number of aliphatic carboxylic acids is 1. The van der Waals surface area contributed by atoms with Crippen LogP contribution >= 0.6 is 0 Å². The van der Waals surface area contributed by atoms with Crippen molar-refractivity contribution in [3.8, 4) is 17.2 Å². The van der Waals surface area contributed by atoms with Gasteiger partial charge in [-0.2, -0.15) is 0 Å². The maximum atomic E-state index is 10.8. The molecule has 0 aliphatic heterocycles. The van der Waals surface area contributed by atoms with E-state index >= 15 is 0 Å². The summed E-state index contributed by atoms with van der Waals surface area (Å²) in [4.78, 5) is 14.7. The zero-order valence-corrected chi connectivity index (χ0v) is 10.3. The van der Waals surface area contributed by atoms with Gasteiger partial charge in [0, 0.05) is 12.4 Å². The lowest BCUT2D eigenvalue weighted by Crippen LogP contribution is -2.23. The summed E-state index contributed by atoms with van der Waals surface area (Å²) in [6, 6.07) is 10.3. The second-order valence-corrected chi connectivity index (χ2v) is 3.83. The second-order valence-electron chi connectivity index (χ2n) is 3.83. The number of ether oxygens (including phenoxy) is 2. The molecule has 2 rings (SSSR count). The summed E-state index contributed by atoms with van der Waals surface area (Å²) < 4.78 is 11.0. The molecule has 1 unspecified atom stereocenters. The van der Waals surface area contributed by atoms with Gasteiger partial charge in [0.05, 0.1) is 0 Å². The highest BCUT2D eigenvalue weighted by atomic mass is 16.5. The quantitative estimate of drug-likeness (QED) is 0.894. The van der Waals surface area contributed by atoms with Gasteiger partial charge in [-0.15, -0.1) is 0 Å². The number of hydrogen-bond acceptors (Lipinski definition) is 4. The minimum Gasteiger partial charge on any atom is -0.479 e. The average Bonchev–Trinajstić information content (AvgIpc) is 2.42. The van der Waals surface area contributed by atoms with E-state index in [0.717, 1.165) is 0 Å². The Hall–Kier alpha value is -2.56. The van der Waals surface area contributed by atoms with Crippen LogP contribution in [-0.4, -0.2) is 22.2 Å². The minimum absolute atomic E-state index is 0.384. The molecule has 0 bridgehead atoms. The third-order valence-electron chi connectivity index (χ3n) is 2.38. The molecule has 0 radical (unpaired) electrons. The van der Waals surface area contributed by atoms with Crippen molar-refractivity contribution in [1.29, 1.82) is 0 Å². The van der Waals surface area contributed by atoms with E-state index in [-0.39, 0.29) is 0 Å². The van der Waals surface area contributed by atoms with Crippen LogP contribution in [-0.2, 0) is 4.79 Å². The second kappa shape index (κ2) is 5.86. The molecule has 5 nitrogen and oxygen atoms in total. The third kappa shape index (κ3) is 3.45. The summed E-state index contributed by atoms with van der Waals surface area (Å²) in [7, 11) is 0. The molecule has 1 aromatic carbocycles. The van der Waals surface area contributed by atoms with Crippen molar-refractivity contribution in [2.24, 2.45) is 0 Å². The summed E-state index contributed by atoms with van der Waals surface area (Å²) in [6.45, 7) is 1.46. The molecule has 1 N–H and O–H groups in total. The molecule has 98 valence electrons. The van der Waals surface area contributed by atoms with E-state index in [1.807, 2.05) is 0 Å². The van der Waals surface area contributed by atoms with E-state index in [2.05, 4.69) is 4.98 Å². The fraction of sp³-hybridized carbons (Fsp3) is 0.143. The molecule has 0 saturated heterocycles. The number of para-hydroxylation sites is 2. The molecule has 0 saturated carbocycles. The number of aromatic nitrogens is 1. The first-order valence-electron chi connectivity index (χ1n) is 5.73. The Kier molecular flexibility index (Phi) is 3.97. The smallest absolute Gasteiger partial charge is 0.344 e. The van der Waals surface area contributed by atoms with Gasteiger partial charge >= 0.3 is 5.97 Å². The Bertz CT molecular complexity index is 556. The normalized spacial score (nSPS) is 11.6. The van der Waals surface area contributed by atoms with Crippen molar-refractivity contribution >= 4 is 5.97 Å². The van der Waals surface area contributed by atoms with E-state index in [9.17, 15) is 4.79 Å². The number of rotatable bonds is 5.